The molecule has 0 aliphatic rings. The van der Waals surface area contributed by atoms with Gasteiger partial charge in [0.1, 0.15) is 20.8 Å². The maximum atomic E-state index is 8.85. The monoisotopic (exact) mass is 457 g/mol. The lowest BCUT2D eigenvalue weighted by molar-refractivity contribution is 0.437. The predicted molar refractivity (Wildman–Crippen MR) is 94.3 cm³/mol. The van der Waals surface area contributed by atoms with Crippen LogP contribution < -0.4 is 4.74 Å². The van der Waals surface area contributed by atoms with Gasteiger partial charge >= 0.3 is 0 Å². The highest BCUT2D eigenvalue weighted by Gasteiger charge is 2.24. The topological polar surface area (TPSA) is 95.5 Å². The van der Waals surface area contributed by atoms with Crippen LogP contribution >= 0.6 is 81.5 Å². The highest BCUT2D eigenvalue weighted by atomic mass is 35.5. The molecule has 1 heterocycles. The lowest BCUT2D eigenvalue weighted by Gasteiger charge is -2.14. The number of aromatic nitrogens is 3. The summed E-state index contributed by atoms with van der Waals surface area (Å²) in [5.41, 5.74) is 0. The van der Waals surface area contributed by atoms with Crippen LogP contribution in [0.1, 0.15) is 0 Å². The summed E-state index contributed by atoms with van der Waals surface area (Å²) < 4.78 is 5.62. The van der Waals surface area contributed by atoms with Gasteiger partial charge in [0.2, 0.25) is 0 Å². The number of benzene rings is 1. The molecular formula is C11Cl5N5OS2. The number of thiocyanates is 2. The summed E-state index contributed by atoms with van der Waals surface area (Å²) in [7, 11) is 0. The largest absolute Gasteiger partial charge is 0.448 e. The summed E-state index contributed by atoms with van der Waals surface area (Å²) >= 11 is 31.4. The molecule has 13 heteroatoms. The van der Waals surface area contributed by atoms with Crippen LogP contribution in [0.5, 0.6) is 11.5 Å². The van der Waals surface area contributed by atoms with Gasteiger partial charge in [-0.05, 0) is 5.21 Å². The van der Waals surface area contributed by atoms with E-state index >= 15 is 0 Å². The number of nitriles is 2. The molecule has 0 bridgehead atoms. The fourth-order valence-corrected chi connectivity index (χ4v) is 3.42. The fourth-order valence-electron chi connectivity index (χ4n) is 1.37. The van der Waals surface area contributed by atoms with E-state index in [2.05, 4.69) is 15.4 Å². The third kappa shape index (κ3) is 3.87. The number of rotatable bonds is 4. The highest BCUT2D eigenvalue weighted by Crippen LogP contribution is 2.50. The van der Waals surface area contributed by atoms with Crippen molar-refractivity contribution < 1.29 is 4.74 Å². The lowest BCUT2D eigenvalue weighted by Crippen LogP contribution is -1.99. The molecule has 0 saturated heterocycles. The Hall–Kier alpha value is -0.840. The molecule has 1 aromatic carbocycles. The van der Waals surface area contributed by atoms with Crippen LogP contribution in [-0.2, 0) is 0 Å². The van der Waals surface area contributed by atoms with Crippen LogP contribution in [0.2, 0.25) is 25.1 Å². The molecule has 2 aromatic rings. The minimum atomic E-state index is -0.118. The van der Waals surface area contributed by atoms with Crippen molar-refractivity contribution in [3.8, 4) is 22.3 Å². The smallest absolute Gasteiger partial charge is 0.197 e. The molecular weight excluding hydrogens is 460 g/mol. The average molecular weight is 460 g/mol. The van der Waals surface area contributed by atoms with Gasteiger partial charge in [-0.3, -0.25) is 0 Å². The molecule has 24 heavy (non-hydrogen) atoms. The number of halogens is 5. The molecule has 0 atom stereocenters. The molecule has 0 fully saturated rings. The van der Waals surface area contributed by atoms with Gasteiger partial charge in [-0.15, -0.1) is 10.2 Å². The van der Waals surface area contributed by atoms with Gasteiger partial charge in [0.15, 0.2) is 21.6 Å². The van der Waals surface area contributed by atoms with Gasteiger partial charge in [0, 0.05) is 23.5 Å². The number of ether oxygens (including phenoxy) is 1. The fraction of sp³-hybridized carbons (Fsp3) is 0. The first-order valence-corrected chi connectivity index (χ1v) is 8.99. The van der Waals surface area contributed by atoms with E-state index in [1.54, 1.807) is 0 Å². The van der Waals surface area contributed by atoms with Crippen molar-refractivity contribution in [2.45, 2.75) is 10.1 Å². The number of hydrogen-bond acceptors (Lipinski definition) is 8. The van der Waals surface area contributed by atoms with Gasteiger partial charge in [-0.25, -0.2) is 0 Å². The first-order chi connectivity index (χ1) is 11.4. The molecule has 0 amide bonds. The van der Waals surface area contributed by atoms with E-state index in [1.807, 2.05) is 10.8 Å². The molecule has 1 aromatic heterocycles. The van der Waals surface area contributed by atoms with Gasteiger partial charge in [0.05, 0.1) is 15.1 Å². The van der Waals surface area contributed by atoms with Gasteiger partial charge in [0.25, 0.3) is 0 Å². The Balaban J connectivity index is 2.65. The zero-order valence-electron chi connectivity index (χ0n) is 10.9. The SMILES string of the molecule is N#CSc1nnnc(SC#N)c1Oc1c(Cl)c(Cl)c(Cl)c(Cl)c1Cl. The summed E-state index contributed by atoms with van der Waals surface area (Å²) in [5, 5.41) is 31.9. The van der Waals surface area contributed by atoms with E-state index in [0.29, 0.717) is 23.5 Å². The third-order valence-corrected chi connectivity index (χ3v) is 5.66. The van der Waals surface area contributed by atoms with E-state index in [0.717, 1.165) is 0 Å². The Morgan fingerprint density at radius 3 is 1.54 bits per heavy atom. The minimum Gasteiger partial charge on any atom is -0.448 e. The maximum absolute atomic E-state index is 8.85. The van der Waals surface area contributed by atoms with Crippen LogP contribution in [0.15, 0.2) is 10.1 Å². The van der Waals surface area contributed by atoms with Crippen molar-refractivity contribution in [3.63, 3.8) is 0 Å². The Kier molecular flexibility index (Phi) is 6.90. The van der Waals surface area contributed by atoms with Crippen LogP contribution in [0.4, 0.5) is 0 Å². The minimum absolute atomic E-state index is 0.0371. The van der Waals surface area contributed by atoms with Gasteiger partial charge in [-0.1, -0.05) is 58.0 Å². The van der Waals surface area contributed by atoms with E-state index in [4.69, 9.17) is 73.3 Å². The second-order valence-corrected chi connectivity index (χ2v) is 7.05. The quantitative estimate of drug-likeness (QED) is 0.235. The first-order valence-electron chi connectivity index (χ1n) is 5.46. The predicted octanol–water partition coefficient (Wildman–Crippen LogP) is 6.08. The second kappa shape index (κ2) is 8.50. The molecule has 0 aliphatic carbocycles. The summed E-state index contributed by atoms with van der Waals surface area (Å²) in [4.78, 5) is 0. The third-order valence-electron chi connectivity index (χ3n) is 2.32. The van der Waals surface area contributed by atoms with E-state index < -0.39 is 0 Å². The zero-order chi connectivity index (χ0) is 17.9. The van der Waals surface area contributed by atoms with Crippen molar-refractivity contribution in [1.29, 1.82) is 10.5 Å². The van der Waals surface area contributed by atoms with Crippen molar-refractivity contribution >= 4 is 81.5 Å². The van der Waals surface area contributed by atoms with E-state index in [-0.39, 0.29) is 46.7 Å². The van der Waals surface area contributed by atoms with Crippen LogP contribution in [0, 0.1) is 21.3 Å². The molecule has 6 nitrogen and oxygen atoms in total. The summed E-state index contributed by atoms with van der Waals surface area (Å²) in [6.45, 7) is 0. The summed E-state index contributed by atoms with van der Waals surface area (Å²) in [6.07, 6.45) is 0. The molecule has 0 spiro atoms. The summed E-state index contributed by atoms with van der Waals surface area (Å²) in [6, 6.07) is 0. The number of nitrogens with zero attached hydrogens (tertiary/aromatic N) is 5. The van der Waals surface area contributed by atoms with Crippen molar-refractivity contribution in [3.05, 3.63) is 25.1 Å². The molecule has 0 N–H and O–H groups in total. The number of thioether (sulfide) groups is 2. The molecule has 0 saturated carbocycles. The average Bonchev–Trinajstić information content (AvgIpc) is 2.57. The Morgan fingerprint density at radius 2 is 1.12 bits per heavy atom. The standard InChI is InChI=1S/C11Cl5N5OS2/c12-3-4(13)6(15)8(7(16)5(3)14)22-9-10(23-1-17)19-21-20-11(9)24-2-18. The maximum Gasteiger partial charge on any atom is 0.197 e. The van der Waals surface area contributed by atoms with Crippen LogP contribution in [0.25, 0.3) is 0 Å². The molecule has 0 unspecified atom stereocenters. The molecule has 0 radical (unpaired) electrons. The Labute approximate surface area is 168 Å². The van der Waals surface area contributed by atoms with Crippen molar-refractivity contribution in [2.75, 3.05) is 0 Å². The molecule has 2 rings (SSSR count). The van der Waals surface area contributed by atoms with Gasteiger partial charge in [-0.2, -0.15) is 10.5 Å². The van der Waals surface area contributed by atoms with E-state index in [1.165, 1.54) is 0 Å². The van der Waals surface area contributed by atoms with Crippen molar-refractivity contribution in [2.24, 2.45) is 0 Å². The van der Waals surface area contributed by atoms with Gasteiger partial charge < -0.3 is 4.74 Å². The zero-order valence-corrected chi connectivity index (χ0v) is 16.3. The lowest BCUT2D eigenvalue weighted by atomic mass is 10.3. The summed E-state index contributed by atoms with van der Waals surface area (Å²) in [5.74, 6) is -0.159. The van der Waals surface area contributed by atoms with Crippen molar-refractivity contribution in [1.82, 2.24) is 15.4 Å². The first kappa shape index (κ1) is 19.5. The number of hydrogen-bond donors (Lipinski definition) is 0. The normalized spacial score (nSPS) is 10.1. The molecule has 0 aliphatic heterocycles. The highest BCUT2D eigenvalue weighted by molar-refractivity contribution is 8.04. The Bertz CT molecular complexity index is 835. The van der Waals surface area contributed by atoms with Crippen LogP contribution in [-0.4, -0.2) is 15.4 Å². The second-order valence-electron chi connectivity index (χ2n) is 3.62. The van der Waals surface area contributed by atoms with Crippen LogP contribution in [0.3, 0.4) is 0 Å². The molecule has 122 valence electrons. The van der Waals surface area contributed by atoms with E-state index in [9.17, 15) is 0 Å². The Morgan fingerprint density at radius 1 is 0.708 bits per heavy atom.